The second-order valence-corrected chi connectivity index (χ2v) is 6.42. The van der Waals surface area contributed by atoms with Gasteiger partial charge in [-0.1, -0.05) is 12.1 Å². The number of amides is 1. The molecule has 3 aromatic rings. The lowest BCUT2D eigenvalue weighted by Crippen LogP contribution is -2.31. The van der Waals surface area contributed by atoms with Gasteiger partial charge in [-0.05, 0) is 35.9 Å². The van der Waals surface area contributed by atoms with Gasteiger partial charge in [0.1, 0.15) is 0 Å². The quantitative estimate of drug-likeness (QED) is 0.784. The molecule has 122 valence electrons. The van der Waals surface area contributed by atoms with Crippen LogP contribution in [0.2, 0.25) is 0 Å². The number of sulfonamides is 1. The van der Waals surface area contributed by atoms with Crippen LogP contribution in [-0.2, 0) is 10.0 Å². The van der Waals surface area contributed by atoms with Crippen LogP contribution in [0.15, 0.2) is 70.6 Å². The van der Waals surface area contributed by atoms with E-state index in [2.05, 4.69) is 4.98 Å². The molecule has 0 aliphatic carbocycles. The standard InChI is InChI=1S/C16H11FN2O4S/c17-14-5-2-7-18-16(14)24(21,22)19-15(20)12-4-1-3-11(9-12)13-6-8-23-10-13/h1-10H,(H,19,20). The molecule has 0 aliphatic heterocycles. The maximum atomic E-state index is 13.6. The molecule has 0 bridgehead atoms. The molecule has 0 fully saturated rings. The van der Waals surface area contributed by atoms with Gasteiger partial charge < -0.3 is 4.42 Å². The van der Waals surface area contributed by atoms with E-state index in [0.717, 1.165) is 17.8 Å². The van der Waals surface area contributed by atoms with E-state index >= 15 is 0 Å². The van der Waals surface area contributed by atoms with Crippen LogP contribution in [0, 0.1) is 5.82 Å². The van der Waals surface area contributed by atoms with Crippen molar-refractivity contribution in [1.29, 1.82) is 0 Å². The lowest BCUT2D eigenvalue weighted by molar-refractivity contribution is 0.0981. The van der Waals surface area contributed by atoms with Crippen LogP contribution in [0.4, 0.5) is 4.39 Å². The maximum Gasteiger partial charge on any atom is 0.284 e. The smallest absolute Gasteiger partial charge is 0.284 e. The summed E-state index contributed by atoms with van der Waals surface area (Å²) in [5, 5.41) is -0.829. The van der Waals surface area contributed by atoms with Crippen LogP contribution >= 0.6 is 0 Å². The van der Waals surface area contributed by atoms with E-state index in [1.807, 2.05) is 4.72 Å². The van der Waals surface area contributed by atoms with Gasteiger partial charge in [0.2, 0.25) is 5.03 Å². The number of carbonyl (C=O) groups is 1. The van der Waals surface area contributed by atoms with Crippen molar-refractivity contribution in [2.75, 3.05) is 0 Å². The first-order valence-corrected chi connectivity index (χ1v) is 8.26. The van der Waals surface area contributed by atoms with Crippen molar-refractivity contribution in [3.05, 3.63) is 72.6 Å². The minimum absolute atomic E-state index is 0.105. The number of hydrogen-bond donors (Lipinski definition) is 1. The maximum absolute atomic E-state index is 13.6. The molecular weight excluding hydrogens is 335 g/mol. The molecule has 1 aromatic carbocycles. The van der Waals surface area contributed by atoms with Gasteiger partial charge in [0.25, 0.3) is 15.9 Å². The second kappa shape index (κ2) is 6.25. The van der Waals surface area contributed by atoms with Crippen LogP contribution < -0.4 is 4.72 Å². The third kappa shape index (κ3) is 3.18. The van der Waals surface area contributed by atoms with E-state index < -0.39 is 26.8 Å². The molecule has 2 heterocycles. The highest BCUT2D eigenvalue weighted by molar-refractivity contribution is 7.90. The summed E-state index contributed by atoms with van der Waals surface area (Å²) in [6.45, 7) is 0. The van der Waals surface area contributed by atoms with Gasteiger partial charge in [0.15, 0.2) is 5.82 Å². The Kier molecular flexibility index (Phi) is 4.13. The molecule has 1 amide bonds. The molecule has 0 saturated heterocycles. The van der Waals surface area contributed by atoms with Crippen molar-refractivity contribution >= 4 is 15.9 Å². The van der Waals surface area contributed by atoms with E-state index in [1.54, 1.807) is 18.2 Å². The number of halogens is 1. The molecule has 0 spiro atoms. The summed E-state index contributed by atoms with van der Waals surface area (Å²) in [5.41, 5.74) is 1.52. The summed E-state index contributed by atoms with van der Waals surface area (Å²) in [6, 6.07) is 10.2. The molecule has 6 nitrogen and oxygen atoms in total. The van der Waals surface area contributed by atoms with Gasteiger partial charge in [-0.25, -0.2) is 14.1 Å². The molecule has 0 unspecified atom stereocenters. The Morgan fingerprint density at radius 2 is 1.96 bits per heavy atom. The molecule has 0 atom stereocenters. The Bertz CT molecular complexity index is 985. The predicted molar refractivity (Wildman–Crippen MR) is 83.0 cm³/mol. The zero-order valence-corrected chi connectivity index (χ0v) is 13.0. The zero-order chi connectivity index (χ0) is 17.2. The predicted octanol–water partition coefficient (Wildman–Crippen LogP) is 2.60. The van der Waals surface area contributed by atoms with Crippen molar-refractivity contribution in [1.82, 2.24) is 9.71 Å². The summed E-state index contributed by atoms with van der Waals surface area (Å²) in [6.07, 6.45) is 4.11. The van der Waals surface area contributed by atoms with Gasteiger partial charge in [-0.2, -0.15) is 8.42 Å². The summed E-state index contributed by atoms with van der Waals surface area (Å²) >= 11 is 0. The first-order valence-electron chi connectivity index (χ1n) is 6.78. The van der Waals surface area contributed by atoms with E-state index in [0.29, 0.717) is 5.56 Å². The molecular formula is C16H11FN2O4S. The largest absolute Gasteiger partial charge is 0.472 e. The number of hydrogen-bond acceptors (Lipinski definition) is 5. The SMILES string of the molecule is O=C(NS(=O)(=O)c1ncccc1F)c1cccc(-c2ccoc2)c1. The lowest BCUT2D eigenvalue weighted by Gasteiger charge is -2.07. The molecule has 1 N–H and O–H groups in total. The Balaban J connectivity index is 1.88. The molecule has 8 heteroatoms. The number of carbonyl (C=O) groups excluding carboxylic acids is 1. The third-order valence-corrected chi connectivity index (χ3v) is 4.45. The number of furan rings is 1. The first kappa shape index (κ1) is 15.9. The van der Waals surface area contributed by atoms with Gasteiger partial charge in [-0.3, -0.25) is 4.79 Å². The number of benzene rings is 1. The first-order chi connectivity index (χ1) is 11.5. The third-order valence-electron chi connectivity index (χ3n) is 3.19. The Morgan fingerprint density at radius 3 is 2.67 bits per heavy atom. The fourth-order valence-electron chi connectivity index (χ4n) is 2.07. The van der Waals surface area contributed by atoms with Gasteiger partial charge in [0, 0.05) is 17.3 Å². The topological polar surface area (TPSA) is 89.3 Å². The van der Waals surface area contributed by atoms with Crippen LogP contribution in [0.25, 0.3) is 11.1 Å². The van der Waals surface area contributed by atoms with Crippen LogP contribution in [0.3, 0.4) is 0 Å². The minimum atomic E-state index is -4.41. The average molecular weight is 346 g/mol. The average Bonchev–Trinajstić information content (AvgIpc) is 3.09. The summed E-state index contributed by atoms with van der Waals surface area (Å²) in [7, 11) is -4.41. The molecule has 0 aliphatic rings. The fraction of sp³-hybridized carbons (Fsp3) is 0. The second-order valence-electron chi connectivity index (χ2n) is 4.82. The highest BCUT2D eigenvalue weighted by Crippen LogP contribution is 2.21. The minimum Gasteiger partial charge on any atom is -0.472 e. The van der Waals surface area contributed by atoms with Gasteiger partial charge >= 0.3 is 0 Å². The van der Waals surface area contributed by atoms with E-state index in [9.17, 15) is 17.6 Å². The van der Waals surface area contributed by atoms with E-state index in [1.165, 1.54) is 30.7 Å². The number of nitrogens with one attached hydrogen (secondary N) is 1. The van der Waals surface area contributed by atoms with E-state index in [4.69, 9.17) is 4.42 Å². The normalized spacial score (nSPS) is 11.2. The van der Waals surface area contributed by atoms with Crippen molar-refractivity contribution in [2.45, 2.75) is 5.03 Å². The fourth-order valence-corrected chi connectivity index (χ4v) is 3.05. The number of pyridine rings is 1. The van der Waals surface area contributed by atoms with Crippen molar-refractivity contribution in [2.24, 2.45) is 0 Å². The van der Waals surface area contributed by atoms with Crippen LogP contribution in [0.1, 0.15) is 10.4 Å². The molecule has 0 radical (unpaired) electrons. The number of rotatable bonds is 4. The number of aromatic nitrogens is 1. The summed E-state index contributed by atoms with van der Waals surface area (Å²) < 4.78 is 44.6. The monoisotopic (exact) mass is 346 g/mol. The highest BCUT2D eigenvalue weighted by atomic mass is 32.2. The number of nitrogens with zero attached hydrogens (tertiary/aromatic N) is 1. The van der Waals surface area contributed by atoms with Gasteiger partial charge in [-0.15, -0.1) is 0 Å². The van der Waals surface area contributed by atoms with E-state index in [-0.39, 0.29) is 5.56 Å². The van der Waals surface area contributed by atoms with Gasteiger partial charge in [0.05, 0.1) is 12.5 Å². The van der Waals surface area contributed by atoms with Crippen molar-refractivity contribution in [3.8, 4) is 11.1 Å². The molecule has 24 heavy (non-hydrogen) atoms. The Morgan fingerprint density at radius 1 is 1.12 bits per heavy atom. The summed E-state index contributed by atoms with van der Waals surface area (Å²) in [5.74, 6) is -1.92. The molecule has 0 saturated carbocycles. The van der Waals surface area contributed by atoms with Crippen LogP contribution in [0.5, 0.6) is 0 Å². The molecule has 3 rings (SSSR count). The zero-order valence-electron chi connectivity index (χ0n) is 12.1. The van der Waals surface area contributed by atoms with Crippen molar-refractivity contribution < 1.29 is 22.0 Å². The Hall–Kier alpha value is -3.00. The highest BCUT2D eigenvalue weighted by Gasteiger charge is 2.23. The lowest BCUT2D eigenvalue weighted by atomic mass is 10.1. The van der Waals surface area contributed by atoms with Crippen LogP contribution in [-0.4, -0.2) is 19.3 Å². The molecule has 2 aromatic heterocycles. The summed E-state index contributed by atoms with van der Waals surface area (Å²) in [4.78, 5) is 15.7. The van der Waals surface area contributed by atoms with Crippen molar-refractivity contribution in [3.63, 3.8) is 0 Å². The Labute approximate surface area is 137 Å².